The number of aryl methyl sites for hydroxylation is 1. The number of ether oxygens (including phenoxy) is 1. The summed E-state index contributed by atoms with van der Waals surface area (Å²) >= 11 is 0. The number of carboxylic acid groups (broad SMARTS) is 1. The van der Waals surface area contributed by atoms with Crippen molar-refractivity contribution >= 4 is 5.97 Å². The van der Waals surface area contributed by atoms with Gasteiger partial charge in [-0.1, -0.05) is 24.3 Å². The van der Waals surface area contributed by atoms with Crippen molar-refractivity contribution < 1.29 is 48.6 Å². The first kappa shape index (κ1) is 17.7. The van der Waals surface area contributed by atoms with Gasteiger partial charge < -0.3 is 14.6 Å². The minimum atomic E-state index is -1.05. The van der Waals surface area contributed by atoms with E-state index in [-0.39, 0.29) is 41.8 Å². The second-order valence-electron chi connectivity index (χ2n) is 4.43. The molecule has 104 valence electrons. The Kier molecular flexibility index (Phi) is 7.43. The van der Waals surface area contributed by atoms with Crippen molar-refractivity contribution in [2.75, 3.05) is 0 Å². The zero-order valence-electron chi connectivity index (χ0n) is 11.8. The number of halogens is 1. The standard InChI is InChI=1S/C16H15FO3.Na/c17-14-6-1-13(2-7-14)11-20-15-8-3-12(4-9-15)5-10-16(18)19;/h1-4,6-9H,5,10-11H2,(H,18,19);/q;+1/p-1. The first-order valence-electron chi connectivity index (χ1n) is 6.29. The molecule has 0 fully saturated rings. The Hall–Kier alpha value is -1.36. The Bertz CT molecular complexity index is 567. The zero-order chi connectivity index (χ0) is 14.4. The van der Waals surface area contributed by atoms with Crippen LogP contribution < -0.4 is 39.4 Å². The van der Waals surface area contributed by atoms with Crippen LogP contribution in [-0.2, 0) is 17.8 Å². The molecule has 2 rings (SSSR count). The summed E-state index contributed by atoms with van der Waals surface area (Å²) in [6, 6.07) is 13.3. The van der Waals surface area contributed by atoms with E-state index in [1.807, 2.05) is 12.1 Å². The van der Waals surface area contributed by atoms with Crippen molar-refractivity contribution in [3.8, 4) is 5.75 Å². The molecule has 2 aromatic rings. The molecule has 0 amide bonds. The Morgan fingerprint density at radius 1 is 1.00 bits per heavy atom. The number of rotatable bonds is 6. The Morgan fingerprint density at radius 2 is 1.57 bits per heavy atom. The molecule has 0 saturated heterocycles. The molecule has 0 aromatic heterocycles. The van der Waals surface area contributed by atoms with E-state index in [1.165, 1.54) is 12.1 Å². The third-order valence-electron chi connectivity index (χ3n) is 2.86. The number of benzene rings is 2. The Morgan fingerprint density at radius 3 is 2.14 bits per heavy atom. The zero-order valence-corrected chi connectivity index (χ0v) is 13.8. The van der Waals surface area contributed by atoms with E-state index >= 15 is 0 Å². The molecule has 0 aliphatic rings. The second-order valence-corrected chi connectivity index (χ2v) is 4.43. The van der Waals surface area contributed by atoms with Crippen molar-refractivity contribution in [1.82, 2.24) is 0 Å². The smallest absolute Gasteiger partial charge is 0.550 e. The van der Waals surface area contributed by atoms with E-state index in [9.17, 15) is 14.3 Å². The van der Waals surface area contributed by atoms with Gasteiger partial charge in [-0.3, -0.25) is 0 Å². The van der Waals surface area contributed by atoms with Crippen LogP contribution in [0.25, 0.3) is 0 Å². The van der Waals surface area contributed by atoms with Gasteiger partial charge in [0, 0.05) is 5.97 Å². The van der Waals surface area contributed by atoms with E-state index in [0.717, 1.165) is 11.1 Å². The Balaban J connectivity index is 0.00000220. The van der Waals surface area contributed by atoms with Crippen LogP contribution >= 0.6 is 0 Å². The van der Waals surface area contributed by atoms with Crippen LogP contribution in [0, 0.1) is 5.82 Å². The van der Waals surface area contributed by atoms with Crippen molar-refractivity contribution in [2.45, 2.75) is 19.4 Å². The topological polar surface area (TPSA) is 49.4 Å². The largest absolute Gasteiger partial charge is 1.00 e. The minimum Gasteiger partial charge on any atom is -0.550 e. The van der Waals surface area contributed by atoms with Crippen LogP contribution in [-0.4, -0.2) is 5.97 Å². The third-order valence-corrected chi connectivity index (χ3v) is 2.86. The summed E-state index contributed by atoms with van der Waals surface area (Å²) in [6.45, 7) is 0.360. The van der Waals surface area contributed by atoms with E-state index in [1.54, 1.807) is 24.3 Å². The third kappa shape index (κ3) is 6.29. The summed E-state index contributed by atoms with van der Waals surface area (Å²) in [7, 11) is 0. The van der Waals surface area contributed by atoms with E-state index in [0.29, 0.717) is 18.8 Å². The molecule has 0 spiro atoms. The normalized spacial score (nSPS) is 9.76. The van der Waals surface area contributed by atoms with Crippen molar-refractivity contribution in [2.24, 2.45) is 0 Å². The maximum atomic E-state index is 12.7. The number of carbonyl (C=O) groups is 1. The van der Waals surface area contributed by atoms with Crippen LogP contribution in [0.5, 0.6) is 5.75 Å². The molecule has 5 heteroatoms. The summed E-state index contributed by atoms with van der Waals surface area (Å²) in [6.07, 6.45) is 0.455. The summed E-state index contributed by atoms with van der Waals surface area (Å²) in [5.41, 5.74) is 1.80. The van der Waals surface area contributed by atoms with Gasteiger partial charge in [-0.2, -0.15) is 0 Å². The molecule has 0 atom stereocenters. The number of carbonyl (C=O) groups excluding carboxylic acids is 1. The van der Waals surface area contributed by atoms with Gasteiger partial charge in [0.2, 0.25) is 0 Å². The fourth-order valence-electron chi connectivity index (χ4n) is 1.75. The van der Waals surface area contributed by atoms with Crippen LogP contribution in [0.3, 0.4) is 0 Å². The van der Waals surface area contributed by atoms with E-state index in [4.69, 9.17) is 4.74 Å². The summed E-state index contributed by atoms with van der Waals surface area (Å²) < 4.78 is 18.3. The number of aliphatic carboxylic acids is 1. The molecule has 0 saturated carbocycles. The second kappa shape index (κ2) is 8.82. The molecule has 3 nitrogen and oxygen atoms in total. The monoisotopic (exact) mass is 296 g/mol. The van der Waals surface area contributed by atoms with E-state index in [2.05, 4.69) is 0 Å². The Labute approximate surface area is 145 Å². The maximum Gasteiger partial charge on any atom is 1.00 e. The fraction of sp³-hybridized carbons (Fsp3) is 0.188. The van der Waals surface area contributed by atoms with Crippen LogP contribution in [0.15, 0.2) is 48.5 Å². The number of hydrogen-bond donors (Lipinski definition) is 0. The molecule has 0 unspecified atom stereocenters. The van der Waals surface area contributed by atoms with Crippen LogP contribution in [0.1, 0.15) is 17.5 Å². The van der Waals surface area contributed by atoms with Gasteiger partial charge in [0.1, 0.15) is 18.2 Å². The van der Waals surface area contributed by atoms with Crippen LogP contribution in [0.2, 0.25) is 0 Å². The van der Waals surface area contributed by atoms with Gasteiger partial charge >= 0.3 is 29.6 Å². The molecule has 21 heavy (non-hydrogen) atoms. The summed E-state index contributed by atoms with van der Waals surface area (Å²) in [5.74, 6) is -0.640. The quantitative estimate of drug-likeness (QED) is 0.649. The SMILES string of the molecule is O=C([O-])CCc1ccc(OCc2ccc(F)cc2)cc1.[Na+]. The number of carboxylic acids is 1. The van der Waals surface area contributed by atoms with Gasteiger partial charge in [-0.05, 0) is 48.2 Å². The van der Waals surface area contributed by atoms with Crippen LogP contribution in [0.4, 0.5) is 4.39 Å². The summed E-state index contributed by atoms with van der Waals surface area (Å²) in [4.78, 5) is 10.4. The van der Waals surface area contributed by atoms with Crippen molar-refractivity contribution in [1.29, 1.82) is 0 Å². The fourth-order valence-corrected chi connectivity index (χ4v) is 1.75. The first-order valence-corrected chi connectivity index (χ1v) is 6.29. The first-order chi connectivity index (χ1) is 9.63. The molecule has 0 radical (unpaired) electrons. The van der Waals surface area contributed by atoms with Crippen molar-refractivity contribution in [3.63, 3.8) is 0 Å². The molecule has 0 heterocycles. The van der Waals surface area contributed by atoms with Gasteiger partial charge in [0.15, 0.2) is 0 Å². The molecule has 0 bridgehead atoms. The van der Waals surface area contributed by atoms with E-state index < -0.39 is 5.97 Å². The van der Waals surface area contributed by atoms with Crippen molar-refractivity contribution in [3.05, 3.63) is 65.5 Å². The molecule has 2 aromatic carbocycles. The average Bonchev–Trinajstić information content (AvgIpc) is 2.45. The van der Waals surface area contributed by atoms with Gasteiger partial charge in [-0.15, -0.1) is 0 Å². The van der Waals surface area contributed by atoms with Gasteiger partial charge in [0.25, 0.3) is 0 Å². The predicted octanol–water partition coefficient (Wildman–Crippen LogP) is -0.909. The van der Waals surface area contributed by atoms with Gasteiger partial charge in [-0.25, -0.2) is 4.39 Å². The minimum absolute atomic E-state index is 0. The molecular formula is C16H14FNaO3. The molecule has 0 aliphatic carbocycles. The maximum absolute atomic E-state index is 12.7. The summed E-state index contributed by atoms with van der Waals surface area (Å²) in [5, 5.41) is 10.4. The predicted molar refractivity (Wildman–Crippen MR) is 70.5 cm³/mol. The molecule has 0 aliphatic heterocycles. The average molecular weight is 296 g/mol. The molecular weight excluding hydrogens is 282 g/mol. The number of hydrogen-bond acceptors (Lipinski definition) is 3. The molecule has 0 N–H and O–H groups in total. The van der Waals surface area contributed by atoms with Gasteiger partial charge in [0.05, 0.1) is 0 Å².